The molecule has 0 saturated carbocycles. The smallest absolute Gasteiger partial charge is 0.378 e. The van der Waals surface area contributed by atoms with E-state index in [1.165, 1.54) is 0 Å². The van der Waals surface area contributed by atoms with E-state index in [2.05, 4.69) is 5.32 Å². The third-order valence-electron chi connectivity index (χ3n) is 1.15. The summed E-state index contributed by atoms with van der Waals surface area (Å²) in [5.41, 5.74) is -0.442. The third kappa shape index (κ3) is 7.41. The summed E-state index contributed by atoms with van der Waals surface area (Å²) < 4.78 is 9.84. The zero-order chi connectivity index (χ0) is 9.19. The standard InChI is InChI=1S/C8H14NO3.Y/c1-8(2,3)12-7(10)9-4-6-5-11-6;/h4,6H,5H2,1-3H3,(H,9,10);/q-1;/t6-;/m1./s1. The van der Waals surface area contributed by atoms with Crippen molar-refractivity contribution < 1.29 is 47.0 Å². The molecule has 0 aromatic rings. The molecule has 0 spiro atoms. The van der Waals surface area contributed by atoms with Crippen LogP contribution in [0.5, 0.6) is 0 Å². The number of nitrogens with one attached hydrogen (secondary N) is 1. The van der Waals surface area contributed by atoms with Gasteiger partial charge in [-0.2, -0.15) is 0 Å². The average Bonchev–Trinajstić information content (AvgIpc) is 2.61. The van der Waals surface area contributed by atoms with Crippen molar-refractivity contribution in [2.24, 2.45) is 0 Å². The number of carbonyl (C=O) groups is 1. The molecule has 1 aliphatic rings. The Bertz CT molecular complexity index is 175. The molecule has 1 atom stereocenters. The number of carbonyl (C=O) groups excluding carboxylic acids is 1. The molecule has 1 amide bonds. The van der Waals surface area contributed by atoms with Crippen LogP contribution in [0.4, 0.5) is 4.79 Å². The molecule has 13 heavy (non-hydrogen) atoms. The zero-order valence-corrected chi connectivity index (χ0v) is 11.0. The Labute approximate surface area is 104 Å². The van der Waals surface area contributed by atoms with Crippen molar-refractivity contribution in [3.05, 3.63) is 6.54 Å². The maximum absolute atomic E-state index is 11.0. The number of hydrogen-bond donors (Lipinski definition) is 1. The SMILES string of the molecule is CC(C)(C)OC(=O)N[CH-][C@@H]1CO1.[Y]. The van der Waals surface area contributed by atoms with Crippen molar-refractivity contribution in [3.63, 3.8) is 0 Å². The van der Waals surface area contributed by atoms with Crippen molar-refractivity contribution in [1.82, 2.24) is 5.32 Å². The first-order chi connectivity index (χ1) is 5.47. The fourth-order valence-electron chi connectivity index (χ4n) is 0.620. The number of hydrogen-bond acceptors (Lipinski definition) is 3. The maximum atomic E-state index is 11.0. The molecule has 1 heterocycles. The van der Waals surface area contributed by atoms with Crippen LogP contribution in [-0.2, 0) is 42.2 Å². The minimum absolute atomic E-state index is 0. The second-order valence-corrected chi connectivity index (χ2v) is 3.68. The number of epoxide rings is 1. The Morgan fingerprint density at radius 3 is 2.54 bits per heavy atom. The third-order valence-corrected chi connectivity index (χ3v) is 1.15. The van der Waals surface area contributed by atoms with Gasteiger partial charge in [0.2, 0.25) is 0 Å². The van der Waals surface area contributed by atoms with Crippen LogP contribution in [0.15, 0.2) is 0 Å². The predicted molar refractivity (Wildman–Crippen MR) is 43.4 cm³/mol. The maximum Gasteiger partial charge on any atom is 0.378 e. The van der Waals surface area contributed by atoms with E-state index in [0.717, 1.165) is 0 Å². The monoisotopic (exact) mass is 261 g/mol. The van der Waals surface area contributed by atoms with Gasteiger partial charge < -0.3 is 14.8 Å². The van der Waals surface area contributed by atoms with Gasteiger partial charge in [0.05, 0.1) is 0 Å². The van der Waals surface area contributed by atoms with Gasteiger partial charge in [-0.3, -0.25) is 0 Å². The van der Waals surface area contributed by atoms with Gasteiger partial charge in [0.15, 0.2) is 0 Å². The molecule has 1 aliphatic heterocycles. The molecule has 0 aromatic heterocycles. The molecule has 0 bridgehead atoms. The van der Waals surface area contributed by atoms with E-state index in [9.17, 15) is 4.79 Å². The molecule has 0 aromatic carbocycles. The molecule has 5 heteroatoms. The first kappa shape index (κ1) is 13.3. The molecule has 0 aliphatic carbocycles. The summed E-state index contributed by atoms with van der Waals surface area (Å²) in [6.07, 6.45) is -0.351. The van der Waals surface area contributed by atoms with Gasteiger partial charge in [0.1, 0.15) is 5.60 Å². The first-order valence-electron chi connectivity index (χ1n) is 3.92. The summed E-state index contributed by atoms with van der Waals surface area (Å²) in [5.74, 6) is 0. The Kier molecular flexibility index (Phi) is 5.41. The Morgan fingerprint density at radius 1 is 1.62 bits per heavy atom. The van der Waals surface area contributed by atoms with Gasteiger partial charge in [-0.1, -0.05) is 0 Å². The molecule has 4 nitrogen and oxygen atoms in total. The van der Waals surface area contributed by atoms with Crippen molar-refractivity contribution in [3.8, 4) is 0 Å². The van der Waals surface area contributed by atoms with Crippen LogP contribution in [0.3, 0.4) is 0 Å². The van der Waals surface area contributed by atoms with Crippen molar-refractivity contribution >= 4 is 6.09 Å². The molecule has 1 radical (unpaired) electrons. The summed E-state index contributed by atoms with van der Waals surface area (Å²) in [5, 5.41) is 2.49. The van der Waals surface area contributed by atoms with E-state index in [-0.39, 0.29) is 38.8 Å². The average molecular weight is 261 g/mol. The Morgan fingerprint density at radius 2 is 2.15 bits per heavy atom. The minimum atomic E-state index is -0.442. The van der Waals surface area contributed by atoms with Gasteiger partial charge in [0, 0.05) is 39.3 Å². The van der Waals surface area contributed by atoms with Gasteiger partial charge in [-0.05, 0) is 26.9 Å². The molecule has 0 unspecified atom stereocenters. The Hall–Kier alpha value is 0.334. The fraction of sp³-hybridized carbons (Fsp3) is 0.750. The van der Waals surface area contributed by atoms with E-state index in [4.69, 9.17) is 9.47 Å². The van der Waals surface area contributed by atoms with Gasteiger partial charge in [-0.25, -0.2) is 11.3 Å². The molecule has 1 N–H and O–H groups in total. The predicted octanol–water partition coefficient (Wildman–Crippen LogP) is 1.07. The van der Waals surface area contributed by atoms with E-state index in [1.54, 1.807) is 6.54 Å². The molecule has 73 valence electrons. The van der Waals surface area contributed by atoms with Crippen LogP contribution in [0.1, 0.15) is 20.8 Å². The van der Waals surface area contributed by atoms with Crippen molar-refractivity contribution in [1.29, 1.82) is 0 Å². The Balaban J connectivity index is 0.00000144. The van der Waals surface area contributed by atoms with E-state index < -0.39 is 11.7 Å². The first-order valence-corrected chi connectivity index (χ1v) is 3.92. The summed E-state index contributed by atoms with van der Waals surface area (Å²) in [7, 11) is 0. The van der Waals surface area contributed by atoms with Crippen molar-refractivity contribution in [2.45, 2.75) is 32.5 Å². The van der Waals surface area contributed by atoms with Gasteiger partial charge >= 0.3 is 6.09 Å². The van der Waals surface area contributed by atoms with Gasteiger partial charge in [-0.15, -0.1) is 0 Å². The van der Waals surface area contributed by atoms with Crippen LogP contribution in [0, 0.1) is 6.54 Å². The summed E-state index contributed by atoms with van der Waals surface area (Å²) >= 11 is 0. The number of rotatable bonds is 2. The molecular formula is C8H14NO3Y-. The van der Waals surface area contributed by atoms with Crippen LogP contribution in [-0.4, -0.2) is 24.4 Å². The molecule has 1 saturated heterocycles. The van der Waals surface area contributed by atoms with Crippen LogP contribution < -0.4 is 5.32 Å². The number of alkyl carbamates (subject to hydrolysis) is 1. The van der Waals surface area contributed by atoms with Crippen LogP contribution >= 0.6 is 0 Å². The zero-order valence-electron chi connectivity index (χ0n) is 8.16. The van der Waals surface area contributed by atoms with Crippen LogP contribution in [0.2, 0.25) is 0 Å². The fourth-order valence-corrected chi connectivity index (χ4v) is 0.620. The van der Waals surface area contributed by atoms with Crippen molar-refractivity contribution in [2.75, 3.05) is 6.61 Å². The van der Waals surface area contributed by atoms with Crippen LogP contribution in [0.25, 0.3) is 0 Å². The minimum Gasteiger partial charge on any atom is -0.468 e. The molecule has 1 fully saturated rings. The molecule has 1 rings (SSSR count). The van der Waals surface area contributed by atoms with E-state index in [0.29, 0.717) is 6.61 Å². The normalized spacial score (nSPS) is 20.1. The van der Waals surface area contributed by atoms with E-state index in [1.807, 2.05) is 20.8 Å². The number of amides is 1. The summed E-state index contributed by atoms with van der Waals surface area (Å²) in [6.45, 7) is 7.74. The second-order valence-electron chi connectivity index (χ2n) is 3.68. The van der Waals surface area contributed by atoms with E-state index >= 15 is 0 Å². The number of ether oxygens (including phenoxy) is 2. The van der Waals surface area contributed by atoms with Gasteiger partial charge in [0.25, 0.3) is 0 Å². The second kappa shape index (κ2) is 5.27. The summed E-state index contributed by atoms with van der Waals surface area (Å²) in [6, 6.07) is 0. The topological polar surface area (TPSA) is 50.9 Å². The largest absolute Gasteiger partial charge is 0.468 e. The summed E-state index contributed by atoms with van der Waals surface area (Å²) in [4.78, 5) is 11.0. The molecular weight excluding hydrogens is 247 g/mol. The quantitative estimate of drug-likeness (QED) is 0.597.